The van der Waals surface area contributed by atoms with Crippen molar-refractivity contribution in [3.63, 3.8) is 0 Å². The number of para-hydroxylation sites is 1. The molecule has 0 aromatic heterocycles. The monoisotopic (exact) mass is 662 g/mol. The minimum atomic E-state index is -1.26. The van der Waals surface area contributed by atoms with E-state index in [4.69, 9.17) is 19.0 Å². The number of fused-ring (bicyclic) bond motifs is 4. The van der Waals surface area contributed by atoms with Gasteiger partial charge in [0.05, 0.1) is 13.2 Å². The molecule has 1 saturated carbocycles. The predicted octanol–water partition coefficient (Wildman–Crippen LogP) is 5.20. The SMILES string of the molecule is CCCCCC1(CCCCC)O[C@@H]2[C@H](O1)[C@H]1ON(Cc3ccc(C=CCc4ccccc4O)cc3)[C@@H]3C(=O)O[C@@H]2C[C@]13C(=O)NCCO. The molecule has 260 valence electrons. The summed E-state index contributed by atoms with van der Waals surface area (Å²) < 4.78 is 19.8. The van der Waals surface area contributed by atoms with Crippen LogP contribution < -0.4 is 5.32 Å². The van der Waals surface area contributed by atoms with Gasteiger partial charge in [0.1, 0.15) is 35.6 Å². The first-order valence-corrected chi connectivity index (χ1v) is 17.7. The van der Waals surface area contributed by atoms with Gasteiger partial charge in [-0.1, -0.05) is 94.1 Å². The van der Waals surface area contributed by atoms with Crippen molar-refractivity contribution in [1.82, 2.24) is 10.4 Å². The topological polar surface area (TPSA) is 127 Å². The number of phenolic OH excluding ortho intramolecular Hbond substituents is 1. The zero-order valence-corrected chi connectivity index (χ0v) is 28.1. The van der Waals surface area contributed by atoms with Gasteiger partial charge in [0.2, 0.25) is 5.91 Å². The lowest BCUT2D eigenvalue weighted by Crippen LogP contribution is -2.69. The lowest BCUT2D eigenvalue weighted by molar-refractivity contribution is -0.224. The summed E-state index contributed by atoms with van der Waals surface area (Å²) in [5.41, 5.74) is 1.50. The molecule has 3 N–H and O–H groups in total. The minimum Gasteiger partial charge on any atom is -0.508 e. The van der Waals surface area contributed by atoms with Crippen molar-refractivity contribution in [3.05, 3.63) is 71.3 Å². The van der Waals surface area contributed by atoms with E-state index in [9.17, 15) is 19.8 Å². The second-order valence-corrected chi connectivity index (χ2v) is 13.7. The number of allylic oxidation sites excluding steroid dienone is 1. The molecule has 1 amide bonds. The van der Waals surface area contributed by atoms with Crippen molar-refractivity contribution in [2.45, 2.75) is 121 Å². The average molecular weight is 663 g/mol. The first-order chi connectivity index (χ1) is 23.3. The molecule has 6 atom stereocenters. The maximum atomic E-state index is 14.1. The van der Waals surface area contributed by atoms with Gasteiger partial charge < -0.3 is 29.7 Å². The number of nitrogens with one attached hydrogen (secondary N) is 1. The first-order valence-electron chi connectivity index (χ1n) is 17.7. The number of esters is 1. The fraction of sp³-hybridized carbons (Fsp3) is 0.579. The molecule has 3 saturated heterocycles. The molecule has 2 aromatic carbocycles. The summed E-state index contributed by atoms with van der Waals surface area (Å²) in [7, 11) is 0. The van der Waals surface area contributed by atoms with Gasteiger partial charge in [-0.15, -0.1) is 0 Å². The van der Waals surface area contributed by atoms with Gasteiger partial charge in [-0.2, -0.15) is 5.06 Å². The quantitative estimate of drug-likeness (QED) is 0.164. The second kappa shape index (κ2) is 15.1. The molecule has 4 aliphatic rings. The molecule has 3 heterocycles. The molecule has 6 rings (SSSR count). The number of aliphatic hydroxyl groups excluding tert-OH is 1. The molecule has 10 nitrogen and oxygen atoms in total. The van der Waals surface area contributed by atoms with Crippen LogP contribution in [0.5, 0.6) is 5.75 Å². The van der Waals surface area contributed by atoms with Crippen LogP contribution in [0.2, 0.25) is 0 Å². The molecular formula is C38H50N2O8. The lowest BCUT2D eigenvalue weighted by atomic mass is 9.62. The Morgan fingerprint density at radius 1 is 1.00 bits per heavy atom. The van der Waals surface area contributed by atoms with Crippen molar-refractivity contribution in [2.24, 2.45) is 5.41 Å². The van der Waals surface area contributed by atoms with E-state index in [-0.39, 0.29) is 37.8 Å². The van der Waals surface area contributed by atoms with Crippen LogP contribution in [0.25, 0.3) is 6.08 Å². The molecule has 3 aliphatic heterocycles. The molecule has 4 fully saturated rings. The van der Waals surface area contributed by atoms with Crippen LogP contribution in [0.4, 0.5) is 0 Å². The standard InChI is InChI=1S/C38H50N2O8/c1-3-5-9-20-37(21-10-6-4-2)46-31-30-24-38(36(44)39-22-23-41)33(35(43)45-30)40(48-34(38)32(31)47-37)25-27-18-16-26(17-19-27)12-11-14-28-13-7-8-15-29(28)42/h7-8,11-13,15-19,30-34,41-42H,3-6,9-10,14,20-25H2,1-2H3,(H,39,44)/t30-,31+,32+,33-,34-,38-/m1/s1. The fourth-order valence-electron chi connectivity index (χ4n) is 7.95. The fourth-order valence-corrected chi connectivity index (χ4v) is 7.95. The zero-order chi connectivity index (χ0) is 33.7. The van der Waals surface area contributed by atoms with Gasteiger partial charge in [0, 0.05) is 25.8 Å². The van der Waals surface area contributed by atoms with Crippen LogP contribution in [0.15, 0.2) is 54.6 Å². The number of unbranched alkanes of at least 4 members (excludes halogenated alkanes) is 4. The van der Waals surface area contributed by atoms with E-state index in [0.717, 1.165) is 68.1 Å². The number of rotatable bonds is 16. The third-order valence-electron chi connectivity index (χ3n) is 10.4. The van der Waals surface area contributed by atoms with Crippen LogP contribution in [0, 0.1) is 5.41 Å². The van der Waals surface area contributed by atoms with E-state index in [2.05, 4.69) is 19.2 Å². The summed E-state index contributed by atoms with van der Waals surface area (Å²) >= 11 is 0. The smallest absolute Gasteiger partial charge is 0.327 e. The largest absolute Gasteiger partial charge is 0.508 e. The maximum Gasteiger partial charge on any atom is 0.327 e. The maximum absolute atomic E-state index is 14.1. The number of nitrogens with zero attached hydrogens (tertiary/aromatic N) is 1. The van der Waals surface area contributed by atoms with Crippen LogP contribution in [-0.4, -0.2) is 76.5 Å². The summed E-state index contributed by atoms with van der Waals surface area (Å²) in [6, 6.07) is 14.2. The number of amides is 1. The average Bonchev–Trinajstić information content (AvgIpc) is 3.64. The van der Waals surface area contributed by atoms with Crippen molar-refractivity contribution >= 4 is 18.0 Å². The Morgan fingerprint density at radius 3 is 2.40 bits per heavy atom. The second-order valence-electron chi connectivity index (χ2n) is 13.7. The number of ether oxygens (including phenoxy) is 3. The first kappa shape index (κ1) is 34.6. The molecule has 2 aromatic rings. The normalized spacial score (nSPS) is 28.8. The summed E-state index contributed by atoms with van der Waals surface area (Å²) in [4.78, 5) is 34.6. The Kier molecular flexibility index (Phi) is 10.9. The number of hydrogen-bond donors (Lipinski definition) is 3. The molecule has 10 heteroatoms. The van der Waals surface area contributed by atoms with Gasteiger partial charge in [-0.25, -0.2) is 0 Å². The highest BCUT2D eigenvalue weighted by Gasteiger charge is 2.76. The third-order valence-corrected chi connectivity index (χ3v) is 10.4. The molecule has 1 aliphatic carbocycles. The minimum absolute atomic E-state index is 0.0715. The number of aliphatic hydroxyl groups is 1. The van der Waals surface area contributed by atoms with Gasteiger partial charge in [0.25, 0.3) is 0 Å². The van der Waals surface area contributed by atoms with E-state index in [1.807, 2.05) is 48.6 Å². The van der Waals surface area contributed by atoms with Crippen molar-refractivity contribution in [2.75, 3.05) is 13.2 Å². The van der Waals surface area contributed by atoms with Gasteiger partial charge >= 0.3 is 5.97 Å². The number of hydrogen-bond acceptors (Lipinski definition) is 9. The Morgan fingerprint density at radius 2 is 1.71 bits per heavy atom. The highest BCUT2D eigenvalue weighted by molar-refractivity contribution is 5.93. The Balaban J connectivity index is 1.24. The van der Waals surface area contributed by atoms with Crippen molar-refractivity contribution in [3.8, 4) is 5.75 Å². The van der Waals surface area contributed by atoms with Gasteiger partial charge in [-0.3, -0.25) is 14.4 Å². The highest BCUT2D eigenvalue weighted by atomic mass is 16.8. The van der Waals surface area contributed by atoms with E-state index >= 15 is 0 Å². The Labute approximate surface area is 283 Å². The molecule has 0 unspecified atom stereocenters. The number of hydroxylamine groups is 2. The Hall–Kier alpha value is -3.28. The third kappa shape index (κ3) is 6.78. The highest BCUT2D eigenvalue weighted by Crippen LogP contribution is 2.58. The van der Waals surface area contributed by atoms with Gasteiger partial charge in [0.15, 0.2) is 11.8 Å². The van der Waals surface area contributed by atoms with E-state index < -0.39 is 47.6 Å². The number of carbonyl (C=O) groups is 2. The van der Waals surface area contributed by atoms with Gasteiger partial charge in [-0.05, 0) is 42.0 Å². The van der Waals surface area contributed by atoms with Crippen molar-refractivity contribution < 1.29 is 38.9 Å². The number of aromatic hydroxyl groups is 1. The molecule has 0 spiro atoms. The summed E-state index contributed by atoms with van der Waals surface area (Å²) in [6.45, 7) is 4.45. The number of phenols is 1. The molecule has 2 bridgehead atoms. The van der Waals surface area contributed by atoms with Crippen LogP contribution in [0.1, 0.15) is 88.3 Å². The van der Waals surface area contributed by atoms with Crippen LogP contribution in [0.3, 0.4) is 0 Å². The lowest BCUT2D eigenvalue weighted by Gasteiger charge is -2.48. The van der Waals surface area contributed by atoms with E-state index in [1.54, 1.807) is 17.2 Å². The van der Waals surface area contributed by atoms with E-state index in [1.165, 1.54) is 0 Å². The number of carbonyl (C=O) groups excluding carboxylic acids is 2. The predicted molar refractivity (Wildman–Crippen MR) is 179 cm³/mol. The Bertz CT molecular complexity index is 1440. The molecular weight excluding hydrogens is 612 g/mol. The summed E-state index contributed by atoms with van der Waals surface area (Å²) in [5.74, 6) is -1.38. The van der Waals surface area contributed by atoms with Crippen LogP contribution >= 0.6 is 0 Å². The summed E-state index contributed by atoms with van der Waals surface area (Å²) in [6.07, 6.45) is 9.98. The molecule has 0 radical (unpaired) electrons. The summed E-state index contributed by atoms with van der Waals surface area (Å²) in [5, 5.41) is 24.0. The van der Waals surface area contributed by atoms with Crippen LogP contribution in [-0.2, 0) is 41.6 Å². The molecule has 48 heavy (non-hydrogen) atoms. The van der Waals surface area contributed by atoms with Crippen molar-refractivity contribution in [1.29, 1.82) is 0 Å². The number of benzene rings is 2. The zero-order valence-electron chi connectivity index (χ0n) is 28.1. The van der Waals surface area contributed by atoms with E-state index in [0.29, 0.717) is 6.42 Å².